The molecule has 1 fully saturated rings. The van der Waals surface area contributed by atoms with E-state index >= 15 is 0 Å². The minimum atomic E-state index is -0.290. The molecular formula is C24H24ClN7O2. The van der Waals surface area contributed by atoms with E-state index in [0.29, 0.717) is 22.9 Å². The summed E-state index contributed by atoms with van der Waals surface area (Å²) in [5.74, 6) is 1.12. The van der Waals surface area contributed by atoms with Crippen molar-refractivity contribution in [2.75, 3.05) is 25.5 Å². The van der Waals surface area contributed by atoms with Gasteiger partial charge in [-0.05, 0) is 50.2 Å². The van der Waals surface area contributed by atoms with Crippen molar-refractivity contribution >= 4 is 34.2 Å². The normalized spacial score (nSPS) is 14.2. The number of aromatic nitrogens is 4. The number of rotatable bonds is 6. The molecule has 3 aromatic heterocycles. The second kappa shape index (κ2) is 9.00. The molecule has 0 aliphatic carbocycles. The van der Waals surface area contributed by atoms with Gasteiger partial charge in [0.2, 0.25) is 5.82 Å². The molecule has 0 spiro atoms. The van der Waals surface area contributed by atoms with Crippen LogP contribution in [0, 0.1) is 13.8 Å². The summed E-state index contributed by atoms with van der Waals surface area (Å²) in [5.41, 5.74) is 4.23. The molecule has 9 nitrogen and oxygen atoms in total. The fourth-order valence-electron chi connectivity index (χ4n) is 4.19. The van der Waals surface area contributed by atoms with Gasteiger partial charge in [0.15, 0.2) is 0 Å². The summed E-state index contributed by atoms with van der Waals surface area (Å²) >= 11 is 6.09. The van der Waals surface area contributed by atoms with E-state index in [-0.39, 0.29) is 17.8 Å². The Morgan fingerprint density at radius 1 is 1.21 bits per heavy atom. The predicted octanol–water partition coefficient (Wildman–Crippen LogP) is 3.61. The van der Waals surface area contributed by atoms with Crippen molar-refractivity contribution < 1.29 is 9.32 Å². The fourth-order valence-corrected chi connectivity index (χ4v) is 4.39. The van der Waals surface area contributed by atoms with Crippen molar-refractivity contribution in [1.82, 2.24) is 30.3 Å². The molecule has 10 heteroatoms. The summed E-state index contributed by atoms with van der Waals surface area (Å²) in [6.07, 6.45) is 3.32. The van der Waals surface area contributed by atoms with Crippen molar-refractivity contribution in [2.45, 2.75) is 26.4 Å². The summed E-state index contributed by atoms with van der Waals surface area (Å²) in [7, 11) is 2.01. The van der Waals surface area contributed by atoms with Crippen molar-refractivity contribution in [3.8, 4) is 11.1 Å². The van der Waals surface area contributed by atoms with Gasteiger partial charge in [0.25, 0.3) is 5.91 Å². The Bertz CT molecular complexity index is 1360. The lowest BCUT2D eigenvalue weighted by atomic mass is 10.0. The molecule has 0 saturated carbocycles. The zero-order valence-corrected chi connectivity index (χ0v) is 19.8. The number of nitrogens with one attached hydrogen (secondary N) is 2. The quantitative estimate of drug-likeness (QED) is 0.433. The number of fused-ring (bicyclic) bond motifs is 1. The monoisotopic (exact) mass is 477 g/mol. The van der Waals surface area contributed by atoms with Crippen LogP contribution >= 0.6 is 11.6 Å². The van der Waals surface area contributed by atoms with Crippen molar-refractivity contribution in [3.63, 3.8) is 0 Å². The number of halogens is 1. The van der Waals surface area contributed by atoms with Crippen molar-refractivity contribution in [1.29, 1.82) is 0 Å². The first kappa shape index (κ1) is 22.2. The van der Waals surface area contributed by atoms with E-state index in [2.05, 4.69) is 35.6 Å². The van der Waals surface area contributed by atoms with Gasteiger partial charge in [0.05, 0.1) is 22.3 Å². The molecule has 4 aromatic rings. The number of carbonyl (C=O) groups is 1. The summed E-state index contributed by atoms with van der Waals surface area (Å²) in [4.78, 5) is 28.3. The van der Waals surface area contributed by atoms with E-state index in [1.165, 1.54) is 0 Å². The number of aryl methyl sites for hydroxylation is 2. The standard InChI is InChI=1S/C24H24ClN7O2/c1-13-21(14(2)34-31-13)16-4-5-20-19(7-16)22(27-9-15-6-17(25)10-26-8-15)30-23(29-20)24(33)28-18-11-32(3)12-18/h4-8,10,18H,9,11-12H2,1-3H3,(H,28,33)(H,27,29,30). The van der Waals surface area contributed by atoms with Crippen LogP contribution in [-0.4, -0.2) is 57.1 Å². The number of likely N-dealkylation sites (tertiary alicyclic amines) is 1. The van der Waals surface area contributed by atoms with Crippen LogP contribution < -0.4 is 10.6 Å². The third-order valence-electron chi connectivity index (χ3n) is 5.84. The summed E-state index contributed by atoms with van der Waals surface area (Å²) < 4.78 is 5.35. The number of hydrogen-bond donors (Lipinski definition) is 2. The molecule has 174 valence electrons. The molecule has 0 bridgehead atoms. The third kappa shape index (κ3) is 4.44. The molecular weight excluding hydrogens is 454 g/mol. The van der Waals surface area contributed by atoms with Crippen LogP contribution in [0.5, 0.6) is 0 Å². The van der Waals surface area contributed by atoms with Crippen LogP contribution in [-0.2, 0) is 6.54 Å². The smallest absolute Gasteiger partial charge is 0.289 e. The van der Waals surface area contributed by atoms with Gasteiger partial charge in [-0.15, -0.1) is 0 Å². The molecule has 4 heterocycles. The first-order valence-corrected chi connectivity index (χ1v) is 11.3. The summed E-state index contributed by atoms with van der Waals surface area (Å²) in [6, 6.07) is 7.77. The van der Waals surface area contributed by atoms with E-state index in [0.717, 1.165) is 46.6 Å². The highest BCUT2D eigenvalue weighted by atomic mass is 35.5. The first-order valence-electron chi connectivity index (χ1n) is 10.9. The topological polar surface area (TPSA) is 109 Å². The highest BCUT2D eigenvalue weighted by Crippen LogP contribution is 2.31. The maximum atomic E-state index is 12.9. The first-order chi connectivity index (χ1) is 16.4. The van der Waals surface area contributed by atoms with Crippen LogP contribution in [0.2, 0.25) is 5.02 Å². The second-order valence-electron chi connectivity index (χ2n) is 8.58. The minimum Gasteiger partial charge on any atom is -0.365 e. The summed E-state index contributed by atoms with van der Waals surface area (Å²) in [5, 5.41) is 11.7. The summed E-state index contributed by atoms with van der Waals surface area (Å²) in [6.45, 7) is 5.85. The Hall–Kier alpha value is -3.56. The highest BCUT2D eigenvalue weighted by molar-refractivity contribution is 6.30. The SMILES string of the molecule is Cc1noc(C)c1-c1ccc2nc(C(=O)NC3CN(C)C3)nc(NCc3cncc(Cl)c3)c2c1. The van der Waals surface area contributed by atoms with Gasteiger partial charge >= 0.3 is 0 Å². The molecule has 1 saturated heterocycles. The second-order valence-corrected chi connectivity index (χ2v) is 9.02. The number of benzene rings is 1. The van der Waals surface area contributed by atoms with Gasteiger partial charge in [-0.2, -0.15) is 0 Å². The van der Waals surface area contributed by atoms with Crippen LogP contribution in [0.4, 0.5) is 5.82 Å². The number of amides is 1. The van der Waals surface area contributed by atoms with Gasteiger partial charge in [-0.1, -0.05) is 22.8 Å². The molecule has 5 rings (SSSR count). The highest BCUT2D eigenvalue weighted by Gasteiger charge is 2.26. The van der Waals surface area contributed by atoms with Crippen LogP contribution in [0.25, 0.3) is 22.0 Å². The molecule has 1 aliphatic heterocycles. The fraction of sp³-hybridized carbons (Fsp3) is 0.292. The van der Waals surface area contributed by atoms with Gasteiger partial charge < -0.3 is 20.1 Å². The largest absolute Gasteiger partial charge is 0.365 e. The third-order valence-corrected chi connectivity index (χ3v) is 6.05. The van der Waals surface area contributed by atoms with E-state index < -0.39 is 0 Å². The van der Waals surface area contributed by atoms with Gasteiger partial charge in [0.1, 0.15) is 11.6 Å². The van der Waals surface area contributed by atoms with Gasteiger partial charge in [-0.3, -0.25) is 9.78 Å². The molecule has 2 N–H and O–H groups in total. The molecule has 0 radical (unpaired) electrons. The Labute approximate surface area is 201 Å². The van der Waals surface area contributed by atoms with Crippen LogP contribution in [0.3, 0.4) is 0 Å². The van der Waals surface area contributed by atoms with Crippen LogP contribution in [0.15, 0.2) is 41.2 Å². The van der Waals surface area contributed by atoms with E-state index in [1.54, 1.807) is 12.4 Å². The van der Waals surface area contributed by atoms with Crippen molar-refractivity contribution in [2.24, 2.45) is 0 Å². The maximum absolute atomic E-state index is 12.9. The molecule has 34 heavy (non-hydrogen) atoms. The number of pyridine rings is 1. The lowest BCUT2D eigenvalue weighted by Crippen LogP contribution is -2.57. The average molecular weight is 478 g/mol. The van der Waals surface area contributed by atoms with E-state index in [4.69, 9.17) is 16.1 Å². The average Bonchev–Trinajstić information content (AvgIpc) is 3.13. The molecule has 1 amide bonds. The number of likely N-dealkylation sites (N-methyl/N-ethyl adjacent to an activating group) is 1. The number of nitrogens with zero attached hydrogens (tertiary/aromatic N) is 5. The van der Waals surface area contributed by atoms with Crippen LogP contribution in [0.1, 0.15) is 27.6 Å². The van der Waals surface area contributed by atoms with E-state index in [9.17, 15) is 4.79 Å². The van der Waals surface area contributed by atoms with Gasteiger partial charge in [0, 0.05) is 43.0 Å². The zero-order chi connectivity index (χ0) is 23.8. The Morgan fingerprint density at radius 3 is 2.74 bits per heavy atom. The number of hydrogen-bond acceptors (Lipinski definition) is 8. The van der Waals surface area contributed by atoms with Crippen molar-refractivity contribution in [3.05, 3.63) is 64.5 Å². The molecule has 1 aliphatic rings. The Balaban J connectivity index is 1.53. The number of anilines is 1. The Morgan fingerprint density at radius 2 is 2.03 bits per heavy atom. The molecule has 1 aromatic carbocycles. The molecule has 0 atom stereocenters. The lowest BCUT2D eigenvalue weighted by molar-refractivity contribution is 0.0848. The number of carbonyl (C=O) groups excluding carboxylic acids is 1. The Kier molecular flexibility index (Phi) is 5.89. The van der Waals surface area contributed by atoms with E-state index in [1.807, 2.05) is 45.2 Å². The zero-order valence-electron chi connectivity index (χ0n) is 19.1. The lowest BCUT2D eigenvalue weighted by Gasteiger charge is -2.36. The predicted molar refractivity (Wildman–Crippen MR) is 130 cm³/mol. The van der Waals surface area contributed by atoms with Gasteiger partial charge in [-0.25, -0.2) is 9.97 Å². The minimum absolute atomic E-state index is 0.104. The molecule has 0 unspecified atom stereocenters. The maximum Gasteiger partial charge on any atom is 0.289 e.